The number of likely N-dealkylation sites (N-methyl/N-ethyl adjacent to an activating group) is 1. The number of hydrogen-bond acceptors (Lipinski definition) is 5. The third kappa shape index (κ3) is 2.65. The van der Waals surface area contributed by atoms with Crippen LogP contribution in [0.3, 0.4) is 0 Å². The van der Waals surface area contributed by atoms with Crippen molar-refractivity contribution in [1.82, 2.24) is 19.7 Å². The Morgan fingerprint density at radius 3 is 2.70 bits per heavy atom. The lowest BCUT2D eigenvalue weighted by Crippen LogP contribution is -2.26. The molecule has 2 heterocycles. The van der Waals surface area contributed by atoms with Crippen LogP contribution in [0.5, 0.6) is 0 Å². The van der Waals surface area contributed by atoms with E-state index >= 15 is 0 Å². The van der Waals surface area contributed by atoms with Crippen LogP contribution in [0.25, 0.3) is 11.3 Å². The van der Waals surface area contributed by atoms with Gasteiger partial charge < -0.3 is 10.6 Å². The molecule has 2 rings (SSSR count). The monoisotopic (exact) mass is 274 g/mol. The van der Waals surface area contributed by atoms with Gasteiger partial charge in [-0.3, -0.25) is 4.68 Å². The molecule has 0 spiro atoms. The second-order valence-electron chi connectivity index (χ2n) is 4.81. The summed E-state index contributed by atoms with van der Waals surface area (Å²) in [6.07, 6.45) is 1.78. The highest BCUT2D eigenvalue weighted by Gasteiger charge is 2.15. The smallest absolute Gasteiger partial charge is 0.225 e. The summed E-state index contributed by atoms with van der Waals surface area (Å²) in [6, 6.07) is 1.93. The van der Waals surface area contributed by atoms with E-state index in [-0.39, 0.29) is 0 Å². The Kier molecular flexibility index (Phi) is 4.34. The van der Waals surface area contributed by atoms with Crippen molar-refractivity contribution in [3.8, 4) is 11.3 Å². The zero-order chi connectivity index (χ0) is 14.7. The maximum absolute atomic E-state index is 5.57. The normalized spacial score (nSPS) is 10.8. The molecule has 6 nitrogen and oxygen atoms in total. The standard InChI is InChI=1S/C14H22N6/c1-5-20-11(3)13(10(2)18-20)12-6-8-16-14(17-12)19(4)9-7-15/h6,8H,5,7,9,15H2,1-4H3. The minimum Gasteiger partial charge on any atom is -0.343 e. The average molecular weight is 274 g/mol. The van der Waals surface area contributed by atoms with Crippen molar-refractivity contribution in [3.05, 3.63) is 23.7 Å². The molecule has 6 heteroatoms. The van der Waals surface area contributed by atoms with Crippen LogP contribution < -0.4 is 10.6 Å². The summed E-state index contributed by atoms with van der Waals surface area (Å²) < 4.78 is 2.00. The Labute approximate surface area is 119 Å². The van der Waals surface area contributed by atoms with Crippen LogP contribution >= 0.6 is 0 Å². The van der Waals surface area contributed by atoms with Gasteiger partial charge in [0.25, 0.3) is 0 Å². The lowest BCUT2D eigenvalue weighted by atomic mass is 10.1. The number of aromatic nitrogens is 4. The van der Waals surface area contributed by atoms with Crippen LogP contribution in [0.15, 0.2) is 12.3 Å². The van der Waals surface area contributed by atoms with E-state index in [1.54, 1.807) is 6.20 Å². The highest BCUT2D eigenvalue weighted by atomic mass is 15.3. The molecule has 0 radical (unpaired) electrons. The van der Waals surface area contributed by atoms with Crippen LogP contribution in [-0.2, 0) is 6.54 Å². The van der Waals surface area contributed by atoms with Crippen molar-refractivity contribution < 1.29 is 0 Å². The van der Waals surface area contributed by atoms with Gasteiger partial charge in [0.15, 0.2) is 0 Å². The first-order chi connectivity index (χ1) is 9.58. The fourth-order valence-corrected chi connectivity index (χ4v) is 2.34. The molecule has 2 N–H and O–H groups in total. The van der Waals surface area contributed by atoms with Crippen LogP contribution in [0, 0.1) is 13.8 Å². The molecule has 0 atom stereocenters. The van der Waals surface area contributed by atoms with Crippen molar-refractivity contribution in [2.75, 3.05) is 25.0 Å². The van der Waals surface area contributed by atoms with Gasteiger partial charge >= 0.3 is 0 Å². The van der Waals surface area contributed by atoms with Crippen LogP contribution in [-0.4, -0.2) is 39.9 Å². The van der Waals surface area contributed by atoms with Crippen molar-refractivity contribution in [3.63, 3.8) is 0 Å². The molecule has 2 aromatic rings. The summed E-state index contributed by atoms with van der Waals surface area (Å²) >= 11 is 0. The molecule has 0 aliphatic rings. The summed E-state index contributed by atoms with van der Waals surface area (Å²) in [7, 11) is 1.95. The number of nitrogens with two attached hydrogens (primary N) is 1. The summed E-state index contributed by atoms with van der Waals surface area (Å²) in [5.74, 6) is 0.691. The van der Waals surface area contributed by atoms with E-state index in [0.29, 0.717) is 12.5 Å². The molecule has 0 saturated heterocycles. The van der Waals surface area contributed by atoms with E-state index in [1.165, 1.54) is 0 Å². The maximum atomic E-state index is 5.57. The van der Waals surface area contributed by atoms with Gasteiger partial charge in [0, 0.05) is 44.1 Å². The highest BCUT2D eigenvalue weighted by molar-refractivity contribution is 5.65. The minimum atomic E-state index is 0.579. The molecule has 20 heavy (non-hydrogen) atoms. The van der Waals surface area contributed by atoms with Crippen molar-refractivity contribution in [2.24, 2.45) is 5.73 Å². The lowest BCUT2D eigenvalue weighted by molar-refractivity contribution is 0.634. The highest BCUT2D eigenvalue weighted by Crippen LogP contribution is 2.25. The minimum absolute atomic E-state index is 0.579. The van der Waals surface area contributed by atoms with Crippen molar-refractivity contribution >= 4 is 5.95 Å². The molecule has 0 aliphatic heterocycles. The quantitative estimate of drug-likeness (QED) is 0.891. The fraction of sp³-hybridized carbons (Fsp3) is 0.500. The Balaban J connectivity index is 2.43. The zero-order valence-electron chi connectivity index (χ0n) is 12.6. The lowest BCUT2D eigenvalue weighted by Gasteiger charge is -2.16. The topological polar surface area (TPSA) is 72.9 Å². The number of hydrogen-bond donors (Lipinski definition) is 1. The average Bonchev–Trinajstić information content (AvgIpc) is 2.73. The Morgan fingerprint density at radius 2 is 2.10 bits per heavy atom. The number of aryl methyl sites for hydroxylation is 2. The molecule has 108 valence electrons. The van der Waals surface area contributed by atoms with Gasteiger partial charge in [-0.05, 0) is 26.8 Å². The van der Waals surface area contributed by atoms with Crippen LogP contribution in [0.1, 0.15) is 18.3 Å². The first-order valence-electron chi connectivity index (χ1n) is 6.87. The van der Waals surface area contributed by atoms with Gasteiger partial charge in [0.05, 0.1) is 11.4 Å². The maximum Gasteiger partial charge on any atom is 0.225 e. The van der Waals surface area contributed by atoms with E-state index in [4.69, 9.17) is 5.73 Å². The van der Waals surface area contributed by atoms with E-state index in [1.807, 2.05) is 29.6 Å². The SMILES string of the molecule is CCn1nc(C)c(-c2ccnc(N(C)CCN)n2)c1C. The molecule has 0 saturated carbocycles. The van der Waals surface area contributed by atoms with Gasteiger partial charge in [-0.15, -0.1) is 0 Å². The summed E-state index contributed by atoms with van der Waals surface area (Å²) in [5, 5.41) is 4.54. The number of anilines is 1. The fourth-order valence-electron chi connectivity index (χ4n) is 2.34. The predicted molar refractivity (Wildman–Crippen MR) is 80.7 cm³/mol. The molecule has 0 amide bonds. The zero-order valence-corrected chi connectivity index (χ0v) is 12.6. The molecule has 0 aromatic carbocycles. The number of nitrogens with zero attached hydrogens (tertiary/aromatic N) is 5. The summed E-state index contributed by atoms with van der Waals surface area (Å²) in [5.41, 5.74) is 9.71. The molecular formula is C14H22N6. The third-order valence-electron chi connectivity index (χ3n) is 3.39. The summed E-state index contributed by atoms with van der Waals surface area (Å²) in [4.78, 5) is 10.9. The van der Waals surface area contributed by atoms with Crippen molar-refractivity contribution in [2.45, 2.75) is 27.3 Å². The third-order valence-corrected chi connectivity index (χ3v) is 3.39. The van der Waals surface area contributed by atoms with Gasteiger partial charge in [-0.2, -0.15) is 5.10 Å². The molecule has 0 fully saturated rings. The van der Waals surface area contributed by atoms with E-state index < -0.39 is 0 Å². The molecule has 2 aromatic heterocycles. The van der Waals surface area contributed by atoms with E-state index in [0.717, 1.165) is 35.7 Å². The van der Waals surface area contributed by atoms with Crippen molar-refractivity contribution in [1.29, 1.82) is 0 Å². The number of rotatable bonds is 5. The van der Waals surface area contributed by atoms with E-state index in [9.17, 15) is 0 Å². The second-order valence-corrected chi connectivity index (χ2v) is 4.81. The Hall–Kier alpha value is -1.95. The second kappa shape index (κ2) is 6.00. The van der Waals surface area contributed by atoms with Gasteiger partial charge in [-0.25, -0.2) is 9.97 Å². The van der Waals surface area contributed by atoms with E-state index in [2.05, 4.69) is 28.9 Å². The molecule has 0 aliphatic carbocycles. The Morgan fingerprint density at radius 1 is 1.35 bits per heavy atom. The predicted octanol–water partition coefficient (Wildman–Crippen LogP) is 1.37. The molecule has 0 unspecified atom stereocenters. The van der Waals surface area contributed by atoms with Gasteiger partial charge in [-0.1, -0.05) is 0 Å². The Bertz CT molecular complexity index is 589. The van der Waals surface area contributed by atoms with Gasteiger partial charge in [0.1, 0.15) is 0 Å². The molecule has 0 bridgehead atoms. The van der Waals surface area contributed by atoms with Crippen LogP contribution in [0.2, 0.25) is 0 Å². The largest absolute Gasteiger partial charge is 0.343 e. The molecular weight excluding hydrogens is 252 g/mol. The summed E-state index contributed by atoms with van der Waals surface area (Å²) in [6.45, 7) is 8.34. The van der Waals surface area contributed by atoms with Gasteiger partial charge in [0.2, 0.25) is 5.95 Å². The first-order valence-corrected chi connectivity index (χ1v) is 6.87. The van der Waals surface area contributed by atoms with Crippen LogP contribution in [0.4, 0.5) is 5.95 Å². The first kappa shape index (κ1) is 14.5.